The van der Waals surface area contributed by atoms with Gasteiger partial charge >= 0.3 is 5.69 Å². The zero-order chi connectivity index (χ0) is 18.4. The van der Waals surface area contributed by atoms with E-state index < -0.39 is 37.1 Å². The average molecular weight is 449 g/mol. The third kappa shape index (κ3) is 7.01. The highest BCUT2D eigenvalue weighted by atomic mass is 35.5. The van der Waals surface area contributed by atoms with Crippen LogP contribution < -0.4 is 14.8 Å². The van der Waals surface area contributed by atoms with Crippen molar-refractivity contribution in [3.05, 3.63) is 28.1 Å². The SMILES string of the molecule is COc1c(F)cc(S(=O)(=O)NCCCN2CCNCC2)cc1[N+](=O)[O-].Cl.Cl. The summed E-state index contributed by atoms with van der Waals surface area (Å²) in [6.45, 7) is 4.52. The Morgan fingerprint density at radius 3 is 2.52 bits per heavy atom. The number of nitrogens with zero attached hydrogens (tertiary/aromatic N) is 2. The normalized spacial score (nSPS) is 14.7. The minimum absolute atomic E-state index is 0. The number of ether oxygens (including phenoxy) is 1. The first-order valence-electron chi connectivity index (χ1n) is 7.80. The van der Waals surface area contributed by atoms with E-state index >= 15 is 0 Å². The highest BCUT2D eigenvalue weighted by Gasteiger charge is 2.26. The van der Waals surface area contributed by atoms with Crippen molar-refractivity contribution in [2.45, 2.75) is 11.3 Å². The van der Waals surface area contributed by atoms with Crippen molar-refractivity contribution in [2.24, 2.45) is 0 Å². The fourth-order valence-corrected chi connectivity index (χ4v) is 3.68. The Labute approximate surface area is 169 Å². The van der Waals surface area contributed by atoms with Crippen LogP contribution in [0.4, 0.5) is 10.1 Å². The minimum Gasteiger partial charge on any atom is -0.488 e. The van der Waals surface area contributed by atoms with Gasteiger partial charge in [0.1, 0.15) is 0 Å². The van der Waals surface area contributed by atoms with E-state index in [1.54, 1.807) is 0 Å². The molecule has 1 aliphatic heterocycles. The molecule has 0 aromatic heterocycles. The average Bonchev–Trinajstić information content (AvgIpc) is 2.58. The molecule has 2 rings (SSSR count). The predicted molar refractivity (Wildman–Crippen MR) is 103 cm³/mol. The molecule has 0 aliphatic carbocycles. The first kappa shape index (κ1) is 25.8. The van der Waals surface area contributed by atoms with Crippen LogP contribution in [0.1, 0.15) is 6.42 Å². The van der Waals surface area contributed by atoms with E-state index in [-0.39, 0.29) is 31.4 Å². The van der Waals surface area contributed by atoms with Crippen molar-refractivity contribution in [1.82, 2.24) is 14.9 Å². The van der Waals surface area contributed by atoms with Crippen molar-refractivity contribution < 1.29 is 22.5 Å². The topological polar surface area (TPSA) is 114 Å². The van der Waals surface area contributed by atoms with Gasteiger partial charge in [0, 0.05) is 38.8 Å². The Morgan fingerprint density at radius 2 is 1.96 bits per heavy atom. The zero-order valence-electron chi connectivity index (χ0n) is 14.6. The van der Waals surface area contributed by atoms with Gasteiger partial charge in [0.25, 0.3) is 0 Å². The van der Waals surface area contributed by atoms with Crippen molar-refractivity contribution in [1.29, 1.82) is 0 Å². The second kappa shape index (κ2) is 11.6. The maximum absolute atomic E-state index is 13.9. The molecule has 0 radical (unpaired) electrons. The van der Waals surface area contributed by atoms with Gasteiger partial charge in [-0.3, -0.25) is 10.1 Å². The van der Waals surface area contributed by atoms with E-state index in [0.29, 0.717) is 12.5 Å². The summed E-state index contributed by atoms with van der Waals surface area (Å²) in [5.74, 6) is -1.69. The minimum atomic E-state index is -4.05. The van der Waals surface area contributed by atoms with Crippen LogP contribution in [-0.4, -0.2) is 64.6 Å². The summed E-state index contributed by atoms with van der Waals surface area (Å²) in [5.41, 5.74) is -0.733. The number of piperazine rings is 1. The molecule has 27 heavy (non-hydrogen) atoms. The molecule has 9 nitrogen and oxygen atoms in total. The monoisotopic (exact) mass is 448 g/mol. The Balaban J connectivity index is 0.00000338. The molecule has 0 saturated carbocycles. The quantitative estimate of drug-likeness (QED) is 0.348. The number of nitrogens with one attached hydrogen (secondary N) is 2. The number of sulfonamides is 1. The van der Waals surface area contributed by atoms with Gasteiger partial charge < -0.3 is 15.0 Å². The van der Waals surface area contributed by atoms with Crippen LogP contribution in [0.25, 0.3) is 0 Å². The van der Waals surface area contributed by atoms with Crippen molar-refractivity contribution in [2.75, 3.05) is 46.4 Å². The second-order valence-electron chi connectivity index (χ2n) is 5.56. The molecule has 0 unspecified atom stereocenters. The molecule has 0 spiro atoms. The lowest BCUT2D eigenvalue weighted by molar-refractivity contribution is -0.386. The van der Waals surface area contributed by atoms with Gasteiger partial charge in [-0.25, -0.2) is 17.5 Å². The van der Waals surface area contributed by atoms with E-state index in [0.717, 1.165) is 45.9 Å². The number of hydrogen-bond acceptors (Lipinski definition) is 7. The van der Waals surface area contributed by atoms with Crippen LogP contribution in [-0.2, 0) is 10.0 Å². The van der Waals surface area contributed by atoms with Gasteiger partial charge in [0.05, 0.1) is 16.9 Å². The number of rotatable bonds is 8. The summed E-state index contributed by atoms with van der Waals surface area (Å²) in [6.07, 6.45) is 0.583. The molecule has 1 saturated heterocycles. The van der Waals surface area contributed by atoms with Crippen molar-refractivity contribution in [3.8, 4) is 5.75 Å². The van der Waals surface area contributed by atoms with E-state index in [9.17, 15) is 22.9 Å². The number of nitro benzene ring substituents is 1. The fourth-order valence-electron chi connectivity index (χ4n) is 2.57. The number of nitro groups is 1. The first-order chi connectivity index (χ1) is 11.8. The lowest BCUT2D eigenvalue weighted by Crippen LogP contribution is -2.44. The summed E-state index contributed by atoms with van der Waals surface area (Å²) in [7, 11) is -2.97. The van der Waals surface area contributed by atoms with Gasteiger partial charge in [-0.05, 0) is 19.0 Å². The van der Waals surface area contributed by atoms with E-state index in [2.05, 4.69) is 19.7 Å². The second-order valence-corrected chi connectivity index (χ2v) is 7.32. The molecule has 1 aliphatic rings. The number of benzene rings is 1. The highest BCUT2D eigenvalue weighted by Crippen LogP contribution is 2.32. The van der Waals surface area contributed by atoms with E-state index in [4.69, 9.17) is 0 Å². The summed E-state index contributed by atoms with van der Waals surface area (Å²) in [6, 6.07) is 1.50. The molecular weight excluding hydrogens is 426 g/mol. The van der Waals surface area contributed by atoms with Crippen LogP contribution in [0.2, 0.25) is 0 Å². The van der Waals surface area contributed by atoms with Crippen molar-refractivity contribution >= 4 is 40.5 Å². The molecule has 1 fully saturated rings. The van der Waals surface area contributed by atoms with Crippen molar-refractivity contribution in [3.63, 3.8) is 0 Å². The largest absolute Gasteiger partial charge is 0.488 e. The first-order valence-corrected chi connectivity index (χ1v) is 9.28. The Kier molecular flexibility index (Phi) is 11.0. The molecule has 0 bridgehead atoms. The van der Waals surface area contributed by atoms with Gasteiger partial charge in [0.2, 0.25) is 15.8 Å². The van der Waals surface area contributed by atoms with Crippen LogP contribution in [0, 0.1) is 15.9 Å². The van der Waals surface area contributed by atoms with Gasteiger partial charge in [-0.1, -0.05) is 0 Å². The van der Waals surface area contributed by atoms with E-state index in [1.807, 2.05) is 0 Å². The van der Waals surface area contributed by atoms with E-state index in [1.165, 1.54) is 0 Å². The molecule has 1 aromatic rings. The predicted octanol–water partition coefficient (Wildman–Crippen LogP) is 1.16. The Hall–Kier alpha value is -1.24. The van der Waals surface area contributed by atoms with Crippen LogP contribution in [0.3, 0.4) is 0 Å². The number of methoxy groups -OCH3 is 1. The summed E-state index contributed by atoms with van der Waals surface area (Å²) in [5, 5.41) is 14.2. The summed E-state index contributed by atoms with van der Waals surface area (Å²) in [4.78, 5) is 11.8. The maximum atomic E-state index is 13.9. The third-order valence-electron chi connectivity index (χ3n) is 3.86. The van der Waals surface area contributed by atoms with Crippen LogP contribution in [0.5, 0.6) is 5.75 Å². The molecule has 1 heterocycles. The summed E-state index contributed by atoms with van der Waals surface area (Å²) >= 11 is 0. The lowest BCUT2D eigenvalue weighted by Gasteiger charge is -2.27. The number of hydrogen-bond donors (Lipinski definition) is 2. The zero-order valence-corrected chi connectivity index (χ0v) is 17.1. The molecule has 156 valence electrons. The molecule has 1 aromatic carbocycles. The molecular formula is C14H23Cl2FN4O5S. The summed E-state index contributed by atoms with van der Waals surface area (Å²) < 4.78 is 45.4. The van der Waals surface area contributed by atoms with Gasteiger partial charge in [-0.2, -0.15) is 0 Å². The van der Waals surface area contributed by atoms with Gasteiger partial charge in [0.15, 0.2) is 5.82 Å². The van der Waals surface area contributed by atoms with Gasteiger partial charge in [-0.15, -0.1) is 24.8 Å². The molecule has 2 N–H and O–H groups in total. The standard InChI is InChI=1S/C14H21FN4O5S.2ClH/c1-24-14-12(15)9-11(10-13(14)19(20)21)25(22,23)17-3-2-6-18-7-4-16-5-8-18;;/h9-10,16-17H,2-8H2,1H3;2*1H. The maximum Gasteiger partial charge on any atom is 0.315 e. The van der Waals surface area contributed by atoms with Crippen LogP contribution >= 0.6 is 24.8 Å². The Bertz CT molecular complexity index is 732. The highest BCUT2D eigenvalue weighted by molar-refractivity contribution is 7.89. The van der Waals surface area contributed by atoms with Crippen LogP contribution in [0.15, 0.2) is 17.0 Å². The molecule has 13 heteroatoms. The third-order valence-corrected chi connectivity index (χ3v) is 5.30. The fraction of sp³-hybridized carbons (Fsp3) is 0.571. The molecule has 0 amide bonds. The lowest BCUT2D eigenvalue weighted by atomic mass is 10.3. The molecule has 0 atom stereocenters. The number of halogens is 3. The Morgan fingerprint density at radius 1 is 1.33 bits per heavy atom. The smallest absolute Gasteiger partial charge is 0.315 e.